The van der Waals surface area contributed by atoms with Gasteiger partial charge in [-0.25, -0.2) is 0 Å². The predicted octanol–water partition coefficient (Wildman–Crippen LogP) is -1.42. The van der Waals surface area contributed by atoms with Gasteiger partial charge in [-0.2, -0.15) is 0 Å². The Morgan fingerprint density at radius 1 is 1.17 bits per heavy atom. The van der Waals surface area contributed by atoms with Crippen LogP contribution in [0.3, 0.4) is 0 Å². The van der Waals surface area contributed by atoms with Crippen molar-refractivity contribution in [2.24, 2.45) is 23.7 Å². The first-order valence-electron chi connectivity index (χ1n) is 6.39. The van der Waals surface area contributed by atoms with E-state index in [-0.39, 0.29) is 49.6 Å². The Labute approximate surface area is 105 Å². The van der Waals surface area contributed by atoms with Crippen LogP contribution in [-0.2, 0) is 14.2 Å². The lowest BCUT2D eigenvalue weighted by Gasteiger charge is -2.40. The number of ether oxygens (including phenoxy) is 3. The van der Waals surface area contributed by atoms with E-state index >= 15 is 0 Å². The maximum atomic E-state index is 9.64. The number of aliphatic hydroxyl groups is 3. The van der Waals surface area contributed by atoms with Crippen molar-refractivity contribution in [2.45, 2.75) is 18.0 Å². The van der Waals surface area contributed by atoms with Gasteiger partial charge < -0.3 is 29.5 Å². The van der Waals surface area contributed by atoms with E-state index in [9.17, 15) is 15.3 Å². The van der Waals surface area contributed by atoms with Gasteiger partial charge in [-0.3, -0.25) is 0 Å². The molecule has 0 aromatic carbocycles. The Morgan fingerprint density at radius 3 is 2.44 bits per heavy atom. The highest BCUT2D eigenvalue weighted by molar-refractivity contribution is 5.17. The van der Waals surface area contributed by atoms with E-state index in [0.29, 0.717) is 6.61 Å². The van der Waals surface area contributed by atoms with Gasteiger partial charge in [0.05, 0.1) is 12.7 Å². The molecule has 18 heavy (non-hydrogen) atoms. The molecule has 3 heterocycles. The number of hydrogen-bond donors (Lipinski definition) is 3. The minimum absolute atomic E-state index is 0.00548. The summed E-state index contributed by atoms with van der Waals surface area (Å²) in [5.74, 6) is -0.391. The van der Waals surface area contributed by atoms with E-state index in [4.69, 9.17) is 14.2 Å². The zero-order valence-corrected chi connectivity index (χ0v) is 10.4. The van der Waals surface area contributed by atoms with Gasteiger partial charge in [0, 0.05) is 50.6 Å². The Bertz CT molecular complexity index is 322. The largest absolute Gasteiger partial charge is 0.396 e. The maximum absolute atomic E-state index is 9.64. The van der Waals surface area contributed by atoms with Gasteiger partial charge in [0.15, 0.2) is 6.29 Å². The summed E-state index contributed by atoms with van der Waals surface area (Å²) in [6, 6.07) is 0. The van der Waals surface area contributed by atoms with E-state index in [0.717, 1.165) is 0 Å². The lowest BCUT2D eigenvalue weighted by atomic mass is 9.63. The average molecular weight is 260 g/mol. The van der Waals surface area contributed by atoms with Crippen LogP contribution in [0, 0.1) is 23.7 Å². The molecule has 3 rings (SSSR count). The van der Waals surface area contributed by atoms with Crippen LogP contribution in [0.4, 0.5) is 0 Å². The Kier molecular flexibility index (Phi) is 3.12. The minimum atomic E-state index is -0.713. The highest BCUT2D eigenvalue weighted by Crippen LogP contribution is 2.61. The van der Waals surface area contributed by atoms with Crippen LogP contribution in [0.5, 0.6) is 0 Å². The van der Waals surface area contributed by atoms with Gasteiger partial charge in [0.2, 0.25) is 0 Å². The summed E-state index contributed by atoms with van der Waals surface area (Å²) in [5.41, 5.74) is -0.713. The fraction of sp³-hybridized carbons (Fsp3) is 1.00. The molecule has 1 spiro atoms. The molecular weight excluding hydrogens is 240 g/mol. The third kappa shape index (κ3) is 1.28. The van der Waals surface area contributed by atoms with Gasteiger partial charge in [-0.1, -0.05) is 0 Å². The van der Waals surface area contributed by atoms with E-state index in [2.05, 4.69) is 0 Å². The quantitative estimate of drug-likeness (QED) is 0.575. The summed E-state index contributed by atoms with van der Waals surface area (Å²) in [5, 5.41) is 28.7. The molecule has 0 aromatic heterocycles. The van der Waals surface area contributed by atoms with Crippen LogP contribution in [-0.4, -0.2) is 66.9 Å². The molecule has 6 heteroatoms. The van der Waals surface area contributed by atoms with Crippen molar-refractivity contribution in [3.05, 3.63) is 0 Å². The molecule has 0 amide bonds. The van der Waals surface area contributed by atoms with Crippen molar-refractivity contribution in [3.8, 4) is 0 Å². The van der Waals surface area contributed by atoms with Crippen molar-refractivity contribution in [2.75, 3.05) is 33.5 Å². The molecule has 3 aliphatic heterocycles. The zero-order valence-electron chi connectivity index (χ0n) is 10.4. The van der Waals surface area contributed by atoms with Crippen molar-refractivity contribution < 1.29 is 29.5 Å². The summed E-state index contributed by atoms with van der Waals surface area (Å²) < 4.78 is 17.0. The smallest absolute Gasteiger partial charge is 0.186 e. The molecule has 0 aromatic rings. The molecule has 2 bridgehead atoms. The molecule has 0 aliphatic carbocycles. The summed E-state index contributed by atoms with van der Waals surface area (Å²) in [4.78, 5) is 0. The average Bonchev–Trinajstić information content (AvgIpc) is 3.00. The molecule has 3 fully saturated rings. The van der Waals surface area contributed by atoms with E-state index in [1.165, 1.54) is 0 Å². The second kappa shape index (κ2) is 4.40. The van der Waals surface area contributed by atoms with Crippen LogP contribution in [0.15, 0.2) is 0 Å². The summed E-state index contributed by atoms with van der Waals surface area (Å²) >= 11 is 0. The monoisotopic (exact) mass is 260 g/mol. The summed E-state index contributed by atoms with van der Waals surface area (Å²) in [7, 11) is 1.55. The van der Waals surface area contributed by atoms with Gasteiger partial charge in [-0.05, 0) is 0 Å². The van der Waals surface area contributed by atoms with Crippen molar-refractivity contribution in [3.63, 3.8) is 0 Å². The standard InChI is InChI=1S/C12H20O6/c1-16-11-12-8(4-15)6(2-13)10(18-12)7(3-14)9(12)5-17-11/h6-11,13-15H,2-5H2,1H3/t6-,7+,8+,9-,10-,11?,12+/m0/s1. The van der Waals surface area contributed by atoms with Gasteiger partial charge >= 0.3 is 0 Å². The lowest BCUT2D eigenvalue weighted by Crippen LogP contribution is -2.54. The second-order valence-electron chi connectivity index (χ2n) is 5.43. The number of aliphatic hydroxyl groups excluding tert-OH is 3. The number of rotatable bonds is 4. The Hall–Kier alpha value is -0.240. The highest BCUT2D eigenvalue weighted by Gasteiger charge is 2.74. The molecule has 1 unspecified atom stereocenters. The number of fused-ring (bicyclic) bond motifs is 1. The normalized spacial score (nSPS) is 54.0. The SMILES string of the molecule is COC1OC[C@H]2[C@@H](CO)[C@H]3O[C@@]12[C@H](CO)[C@@H]3CO. The molecule has 0 radical (unpaired) electrons. The maximum Gasteiger partial charge on any atom is 0.186 e. The third-order valence-electron chi connectivity index (χ3n) is 5.00. The topological polar surface area (TPSA) is 88.4 Å². The van der Waals surface area contributed by atoms with Gasteiger partial charge in [-0.15, -0.1) is 0 Å². The molecule has 7 atom stereocenters. The van der Waals surface area contributed by atoms with E-state index < -0.39 is 11.9 Å². The van der Waals surface area contributed by atoms with Crippen LogP contribution in [0.1, 0.15) is 0 Å². The van der Waals surface area contributed by atoms with Crippen LogP contribution in [0.2, 0.25) is 0 Å². The molecule has 0 saturated carbocycles. The fourth-order valence-corrected chi connectivity index (χ4v) is 4.28. The van der Waals surface area contributed by atoms with Crippen molar-refractivity contribution >= 4 is 0 Å². The molecule has 3 N–H and O–H groups in total. The summed E-state index contributed by atoms with van der Waals surface area (Å²) in [6.07, 6.45) is -0.751. The molecule has 3 aliphatic rings. The van der Waals surface area contributed by atoms with Gasteiger partial charge in [0.25, 0.3) is 0 Å². The molecular formula is C12H20O6. The zero-order chi connectivity index (χ0) is 12.9. The van der Waals surface area contributed by atoms with E-state index in [1.807, 2.05) is 0 Å². The van der Waals surface area contributed by atoms with Crippen molar-refractivity contribution in [1.82, 2.24) is 0 Å². The van der Waals surface area contributed by atoms with Crippen LogP contribution < -0.4 is 0 Å². The second-order valence-corrected chi connectivity index (χ2v) is 5.43. The first-order chi connectivity index (χ1) is 8.74. The molecule has 6 nitrogen and oxygen atoms in total. The third-order valence-corrected chi connectivity index (χ3v) is 5.00. The Morgan fingerprint density at radius 2 is 1.89 bits per heavy atom. The Balaban J connectivity index is 2.00. The van der Waals surface area contributed by atoms with Crippen LogP contribution in [0.25, 0.3) is 0 Å². The summed E-state index contributed by atoms with van der Waals surface area (Å²) in [6.45, 7) is 0.345. The highest BCUT2D eigenvalue weighted by atomic mass is 16.7. The first-order valence-corrected chi connectivity index (χ1v) is 6.39. The fourth-order valence-electron chi connectivity index (χ4n) is 4.28. The number of hydrogen-bond acceptors (Lipinski definition) is 6. The molecule has 3 saturated heterocycles. The molecule has 104 valence electrons. The minimum Gasteiger partial charge on any atom is -0.396 e. The van der Waals surface area contributed by atoms with Crippen LogP contribution >= 0.6 is 0 Å². The number of methoxy groups -OCH3 is 1. The van der Waals surface area contributed by atoms with Gasteiger partial charge in [0.1, 0.15) is 5.60 Å². The first kappa shape index (κ1) is 12.8. The van der Waals surface area contributed by atoms with E-state index in [1.54, 1.807) is 7.11 Å². The predicted molar refractivity (Wildman–Crippen MR) is 59.6 cm³/mol. The lowest BCUT2D eigenvalue weighted by molar-refractivity contribution is -0.198. The van der Waals surface area contributed by atoms with Crippen molar-refractivity contribution in [1.29, 1.82) is 0 Å².